The van der Waals surface area contributed by atoms with Crippen LogP contribution >= 0.6 is 11.6 Å². The molecule has 0 aliphatic carbocycles. The maximum Gasteiger partial charge on any atom is 0.362 e. The molecule has 0 fully saturated rings. The molecule has 1 heterocycles. The van der Waals surface area contributed by atoms with Gasteiger partial charge in [0.15, 0.2) is 0 Å². The van der Waals surface area contributed by atoms with Gasteiger partial charge in [-0.25, -0.2) is 23.1 Å². The molecule has 0 N–H and O–H groups in total. The van der Waals surface area contributed by atoms with Gasteiger partial charge in [0.1, 0.15) is 0 Å². The van der Waals surface area contributed by atoms with Gasteiger partial charge in [-0.3, -0.25) is 0 Å². The summed E-state index contributed by atoms with van der Waals surface area (Å²) in [5, 5.41) is 1.65. The van der Waals surface area contributed by atoms with Crippen molar-refractivity contribution in [1.82, 2.24) is 0 Å². The molecule has 3 aromatic rings. The minimum Gasteiger partial charge on any atom is -0.222 e. The first-order chi connectivity index (χ1) is 10.3. The minimum absolute atomic E-state index is 0.714. The summed E-state index contributed by atoms with van der Waals surface area (Å²) in [6.45, 7) is 0. The summed E-state index contributed by atoms with van der Waals surface area (Å²) in [6, 6.07) is 19.6. The Balaban J connectivity index is 0.000000309. The zero-order chi connectivity index (χ0) is 16.2. The summed E-state index contributed by atoms with van der Waals surface area (Å²) in [5.41, 5.74) is 1.83. The number of hydrogen-bond donors (Lipinski definition) is 0. The number of fused-ring (bicyclic) bond motifs is 1. The lowest BCUT2D eigenvalue weighted by Gasteiger charge is -2.17. The largest absolute Gasteiger partial charge is 0.362 e. The molecule has 0 atom stereocenters. The van der Waals surface area contributed by atoms with Crippen LogP contribution in [0.25, 0.3) is 22.3 Å². The molecule has 1 aromatic heterocycles. The molecule has 0 aliphatic heterocycles. The van der Waals surface area contributed by atoms with Gasteiger partial charge in [0.05, 0.1) is 22.0 Å². The normalized spacial score (nSPS) is 11.0. The molecule has 114 valence electrons. The molecular formula is C15H10Cl2O5. The maximum atomic E-state index is 8.49. The molecule has 0 aliphatic rings. The molecule has 7 heteroatoms. The molecule has 0 saturated heterocycles. The smallest absolute Gasteiger partial charge is 0.222 e. The highest BCUT2D eigenvalue weighted by Crippen LogP contribution is 2.30. The van der Waals surface area contributed by atoms with Crippen molar-refractivity contribution in [2.45, 2.75) is 0 Å². The Bertz CT molecular complexity index is 751. The Morgan fingerprint density at radius 1 is 0.818 bits per heavy atom. The van der Waals surface area contributed by atoms with Crippen molar-refractivity contribution in [2.75, 3.05) is 0 Å². The number of para-hydroxylation sites is 1. The van der Waals surface area contributed by atoms with Crippen molar-refractivity contribution >= 4 is 22.6 Å². The molecule has 2 aromatic carbocycles. The summed E-state index contributed by atoms with van der Waals surface area (Å²) in [5.74, 6) is 0.786. The first-order valence-electron chi connectivity index (χ1n) is 6.03. The fourth-order valence-electron chi connectivity index (χ4n) is 1.84. The van der Waals surface area contributed by atoms with Gasteiger partial charge in [-0.05, 0) is 18.2 Å². The summed E-state index contributed by atoms with van der Waals surface area (Å²) < 4.78 is 39.8. The van der Waals surface area contributed by atoms with Gasteiger partial charge in [-0.15, -0.1) is 10.2 Å². The van der Waals surface area contributed by atoms with Crippen molar-refractivity contribution in [3.63, 3.8) is 0 Å². The topological polar surface area (TPSA) is 104 Å². The quantitative estimate of drug-likeness (QED) is 0.591. The highest BCUT2D eigenvalue weighted by molar-refractivity contribution is 6.35. The second-order valence-electron chi connectivity index (χ2n) is 4.20. The Labute approximate surface area is 133 Å². The fraction of sp³-hybridized carbons (Fsp3) is 0. The van der Waals surface area contributed by atoms with E-state index in [-0.39, 0.29) is 0 Å². The predicted octanol–water partition coefficient (Wildman–Crippen LogP) is 0.278. The van der Waals surface area contributed by atoms with Crippen molar-refractivity contribution in [1.29, 1.82) is 0 Å². The Morgan fingerprint density at radius 3 is 2.00 bits per heavy atom. The highest BCUT2D eigenvalue weighted by atomic mass is 35.7. The van der Waals surface area contributed by atoms with Gasteiger partial charge >= 0.3 is 11.3 Å². The maximum absolute atomic E-state index is 8.49. The molecule has 0 spiro atoms. The minimum atomic E-state index is -4.94. The Morgan fingerprint density at radius 2 is 1.36 bits per heavy atom. The third kappa shape index (κ3) is 4.92. The van der Waals surface area contributed by atoms with Gasteiger partial charge in [-0.1, -0.05) is 41.9 Å². The number of rotatable bonds is 1. The van der Waals surface area contributed by atoms with Crippen LogP contribution in [0.1, 0.15) is 0 Å². The molecule has 3 rings (SSSR count). The third-order valence-electron chi connectivity index (χ3n) is 2.68. The standard InChI is InChI=1S/C15H10ClO.ClHO4/c16-13-10-15(11-6-2-1-3-7-11)17-14-9-5-4-8-12(13)14;2-1(3,4)5/h1-10H;(H,2,3,4,5)/q+1;/p-1. The summed E-state index contributed by atoms with van der Waals surface area (Å²) in [6.07, 6.45) is 0. The van der Waals surface area contributed by atoms with E-state index in [1.54, 1.807) is 0 Å². The van der Waals surface area contributed by atoms with E-state index in [1.807, 2.05) is 60.7 Å². The molecule has 5 nitrogen and oxygen atoms in total. The average Bonchev–Trinajstić information content (AvgIpc) is 2.46. The molecule has 0 unspecified atom stereocenters. The lowest BCUT2D eigenvalue weighted by Crippen LogP contribution is -2.68. The second-order valence-corrected chi connectivity index (χ2v) is 5.36. The summed E-state index contributed by atoms with van der Waals surface area (Å²) in [7, 11) is -4.94. The van der Waals surface area contributed by atoms with Crippen LogP contribution in [0.4, 0.5) is 0 Å². The number of halogens is 2. The fourth-order valence-corrected chi connectivity index (χ4v) is 2.09. The van der Waals surface area contributed by atoms with Gasteiger partial charge < -0.3 is 0 Å². The zero-order valence-corrected chi connectivity index (χ0v) is 12.6. The molecular weight excluding hydrogens is 331 g/mol. The summed E-state index contributed by atoms with van der Waals surface area (Å²) in [4.78, 5) is 0. The van der Waals surface area contributed by atoms with Crippen LogP contribution in [0, 0.1) is 10.2 Å². The van der Waals surface area contributed by atoms with Gasteiger partial charge in [0.2, 0.25) is 0 Å². The zero-order valence-electron chi connectivity index (χ0n) is 11.1. The van der Waals surface area contributed by atoms with Gasteiger partial charge in [0, 0.05) is 6.07 Å². The van der Waals surface area contributed by atoms with Crippen LogP contribution in [-0.4, -0.2) is 0 Å². The van der Waals surface area contributed by atoms with Crippen LogP contribution in [0.5, 0.6) is 0 Å². The monoisotopic (exact) mass is 340 g/mol. The summed E-state index contributed by atoms with van der Waals surface area (Å²) >= 11 is 6.25. The van der Waals surface area contributed by atoms with Crippen LogP contribution in [0.15, 0.2) is 65.1 Å². The molecule has 0 radical (unpaired) electrons. The van der Waals surface area contributed by atoms with Crippen molar-refractivity contribution < 1.29 is 33.3 Å². The van der Waals surface area contributed by atoms with Crippen LogP contribution in [0.3, 0.4) is 0 Å². The van der Waals surface area contributed by atoms with Crippen molar-refractivity contribution in [2.24, 2.45) is 0 Å². The molecule has 22 heavy (non-hydrogen) atoms. The van der Waals surface area contributed by atoms with Crippen LogP contribution < -0.4 is 18.6 Å². The first kappa shape index (κ1) is 16.6. The predicted molar refractivity (Wildman–Crippen MR) is 71.1 cm³/mol. The van der Waals surface area contributed by atoms with E-state index in [0.29, 0.717) is 5.02 Å². The highest BCUT2D eigenvalue weighted by Gasteiger charge is 2.17. The van der Waals surface area contributed by atoms with E-state index >= 15 is 0 Å². The average molecular weight is 341 g/mol. The third-order valence-corrected chi connectivity index (χ3v) is 2.99. The molecule has 0 saturated carbocycles. The van der Waals surface area contributed by atoms with E-state index in [1.165, 1.54) is 0 Å². The van der Waals surface area contributed by atoms with E-state index < -0.39 is 10.2 Å². The van der Waals surface area contributed by atoms with Gasteiger partial charge in [0.25, 0.3) is 0 Å². The van der Waals surface area contributed by atoms with Crippen molar-refractivity contribution in [3.8, 4) is 11.3 Å². The van der Waals surface area contributed by atoms with E-state index in [9.17, 15) is 0 Å². The second kappa shape index (κ2) is 7.02. The molecule has 0 amide bonds. The van der Waals surface area contributed by atoms with Crippen LogP contribution in [-0.2, 0) is 0 Å². The lowest BCUT2D eigenvalue weighted by atomic mass is 10.1. The van der Waals surface area contributed by atoms with Gasteiger partial charge in [-0.2, -0.15) is 0 Å². The number of benzene rings is 2. The first-order valence-corrected chi connectivity index (χ1v) is 7.64. The van der Waals surface area contributed by atoms with Crippen LogP contribution in [0.2, 0.25) is 5.02 Å². The Hall–Kier alpha value is -1.73. The molecule has 0 bridgehead atoms. The van der Waals surface area contributed by atoms with E-state index in [2.05, 4.69) is 0 Å². The SMILES string of the molecule is Clc1cc(-c2ccccc2)[o+]c2ccccc12.[O-][Cl+3]([O-])([O-])[O-]. The lowest BCUT2D eigenvalue weighted by molar-refractivity contribution is -2.00. The number of hydrogen-bond acceptors (Lipinski definition) is 4. The van der Waals surface area contributed by atoms with E-state index in [4.69, 9.17) is 34.7 Å². The van der Waals surface area contributed by atoms with Crippen molar-refractivity contribution in [3.05, 3.63) is 65.7 Å². The Kier molecular flexibility index (Phi) is 5.31. The van der Waals surface area contributed by atoms with E-state index in [0.717, 1.165) is 22.3 Å².